The molecule has 1 heterocycles. The summed E-state index contributed by atoms with van der Waals surface area (Å²) in [6.45, 7) is 2.05. The molecule has 0 saturated heterocycles. The standard InChI is InChI=1S/C13H23N5S/c1-3-11-16-12(8-13(17-11)18-14)15-9-6-4-5-7-10(9)19-2/h8-10H,3-7,14H2,1-2H3,(H2,15,16,17,18). The first-order valence-corrected chi connectivity index (χ1v) is 8.19. The minimum atomic E-state index is 0.494. The van der Waals surface area contributed by atoms with E-state index in [4.69, 9.17) is 5.84 Å². The Kier molecular flexibility index (Phi) is 5.27. The molecule has 4 N–H and O–H groups in total. The van der Waals surface area contributed by atoms with Crippen LogP contribution in [0.2, 0.25) is 0 Å². The molecular weight excluding hydrogens is 258 g/mol. The summed E-state index contributed by atoms with van der Waals surface area (Å²) < 4.78 is 0. The van der Waals surface area contributed by atoms with Gasteiger partial charge in [-0.05, 0) is 19.1 Å². The molecule has 0 spiro atoms. The van der Waals surface area contributed by atoms with Crippen molar-refractivity contribution in [2.75, 3.05) is 17.0 Å². The first-order chi connectivity index (χ1) is 9.26. The Hall–Kier alpha value is -1.01. The summed E-state index contributed by atoms with van der Waals surface area (Å²) in [5.41, 5.74) is 2.61. The number of thioether (sulfide) groups is 1. The number of anilines is 2. The van der Waals surface area contributed by atoms with Crippen molar-refractivity contribution >= 4 is 23.4 Å². The Labute approximate surface area is 119 Å². The number of nitrogens with zero attached hydrogens (tertiary/aromatic N) is 2. The van der Waals surface area contributed by atoms with Crippen LogP contribution in [0.1, 0.15) is 38.4 Å². The van der Waals surface area contributed by atoms with E-state index in [0.29, 0.717) is 17.1 Å². The van der Waals surface area contributed by atoms with Gasteiger partial charge in [0.1, 0.15) is 17.5 Å². The first kappa shape index (κ1) is 14.4. The fourth-order valence-electron chi connectivity index (χ4n) is 2.54. The van der Waals surface area contributed by atoms with Crippen LogP contribution in [0.5, 0.6) is 0 Å². The van der Waals surface area contributed by atoms with Crippen LogP contribution in [0.15, 0.2) is 6.07 Å². The van der Waals surface area contributed by atoms with Crippen molar-refractivity contribution in [1.82, 2.24) is 9.97 Å². The van der Waals surface area contributed by atoms with Crippen LogP contribution in [-0.2, 0) is 6.42 Å². The Morgan fingerprint density at radius 2 is 2.05 bits per heavy atom. The van der Waals surface area contributed by atoms with Crippen molar-refractivity contribution in [1.29, 1.82) is 0 Å². The molecule has 2 atom stereocenters. The number of aryl methyl sites for hydroxylation is 1. The van der Waals surface area contributed by atoms with Crippen LogP contribution in [0.4, 0.5) is 11.6 Å². The summed E-state index contributed by atoms with van der Waals surface area (Å²) in [7, 11) is 0. The molecule has 1 aromatic rings. The van der Waals surface area contributed by atoms with Gasteiger partial charge >= 0.3 is 0 Å². The van der Waals surface area contributed by atoms with Crippen LogP contribution in [0, 0.1) is 0 Å². The van der Waals surface area contributed by atoms with E-state index >= 15 is 0 Å². The predicted molar refractivity (Wildman–Crippen MR) is 82.4 cm³/mol. The number of hydrogen-bond acceptors (Lipinski definition) is 6. The van der Waals surface area contributed by atoms with Crippen LogP contribution >= 0.6 is 11.8 Å². The van der Waals surface area contributed by atoms with Gasteiger partial charge in [0.15, 0.2) is 0 Å². The van der Waals surface area contributed by atoms with E-state index in [1.807, 2.05) is 24.8 Å². The quantitative estimate of drug-likeness (QED) is 0.568. The lowest BCUT2D eigenvalue weighted by atomic mass is 9.95. The second kappa shape index (κ2) is 6.96. The van der Waals surface area contributed by atoms with Gasteiger partial charge in [-0.1, -0.05) is 19.8 Å². The van der Waals surface area contributed by atoms with Crippen LogP contribution in [0.25, 0.3) is 0 Å². The SMILES string of the molecule is CCc1nc(NN)cc(NC2CCCCC2SC)n1. The molecule has 1 aromatic heterocycles. The highest BCUT2D eigenvalue weighted by Crippen LogP contribution is 2.29. The fraction of sp³-hybridized carbons (Fsp3) is 0.692. The lowest BCUT2D eigenvalue weighted by molar-refractivity contribution is 0.474. The lowest BCUT2D eigenvalue weighted by Crippen LogP contribution is -2.34. The van der Waals surface area contributed by atoms with Gasteiger partial charge in [-0.25, -0.2) is 15.8 Å². The Morgan fingerprint density at radius 3 is 2.74 bits per heavy atom. The molecule has 1 saturated carbocycles. The van der Waals surface area contributed by atoms with Crippen molar-refractivity contribution in [3.8, 4) is 0 Å². The number of aromatic nitrogens is 2. The molecule has 1 aliphatic rings. The number of hydrazine groups is 1. The highest BCUT2D eigenvalue weighted by atomic mass is 32.2. The normalized spacial score (nSPS) is 23.1. The van der Waals surface area contributed by atoms with Gasteiger partial charge in [0.2, 0.25) is 0 Å². The molecular formula is C13H23N5S. The molecule has 2 unspecified atom stereocenters. The molecule has 2 rings (SSSR count). The maximum Gasteiger partial charge on any atom is 0.145 e. The van der Waals surface area contributed by atoms with Gasteiger partial charge in [0.05, 0.1) is 0 Å². The van der Waals surface area contributed by atoms with E-state index in [1.165, 1.54) is 25.7 Å². The molecule has 106 valence electrons. The van der Waals surface area contributed by atoms with E-state index in [9.17, 15) is 0 Å². The highest BCUT2D eigenvalue weighted by Gasteiger charge is 2.24. The zero-order chi connectivity index (χ0) is 13.7. The van der Waals surface area contributed by atoms with Crippen LogP contribution in [0.3, 0.4) is 0 Å². The summed E-state index contributed by atoms with van der Waals surface area (Å²) in [5.74, 6) is 7.82. The summed E-state index contributed by atoms with van der Waals surface area (Å²) in [5, 5.41) is 4.23. The summed E-state index contributed by atoms with van der Waals surface area (Å²) in [4.78, 5) is 8.85. The molecule has 6 heteroatoms. The second-order valence-electron chi connectivity index (χ2n) is 4.86. The van der Waals surface area contributed by atoms with Crippen molar-refractivity contribution in [2.45, 2.75) is 50.3 Å². The second-order valence-corrected chi connectivity index (χ2v) is 5.94. The topological polar surface area (TPSA) is 75.9 Å². The van der Waals surface area contributed by atoms with Gasteiger partial charge in [-0.3, -0.25) is 0 Å². The molecule has 0 radical (unpaired) electrons. The zero-order valence-corrected chi connectivity index (χ0v) is 12.5. The number of nitrogens with one attached hydrogen (secondary N) is 2. The van der Waals surface area contributed by atoms with E-state index in [1.54, 1.807) is 0 Å². The number of rotatable bonds is 5. The average Bonchev–Trinajstić information content (AvgIpc) is 2.47. The third-order valence-electron chi connectivity index (χ3n) is 3.58. The monoisotopic (exact) mass is 281 g/mol. The van der Waals surface area contributed by atoms with Gasteiger partial charge in [0.25, 0.3) is 0 Å². The van der Waals surface area contributed by atoms with Crippen molar-refractivity contribution < 1.29 is 0 Å². The summed E-state index contributed by atoms with van der Waals surface area (Å²) in [6, 6.07) is 2.37. The van der Waals surface area contributed by atoms with Gasteiger partial charge < -0.3 is 10.7 Å². The molecule has 0 aromatic carbocycles. The molecule has 0 aliphatic heterocycles. The van der Waals surface area contributed by atoms with Crippen molar-refractivity contribution in [3.05, 3.63) is 11.9 Å². The van der Waals surface area contributed by atoms with E-state index in [-0.39, 0.29) is 0 Å². The van der Waals surface area contributed by atoms with Gasteiger partial charge in [0, 0.05) is 23.8 Å². The minimum Gasteiger partial charge on any atom is -0.366 e. The molecule has 0 amide bonds. The summed E-state index contributed by atoms with van der Waals surface area (Å²) in [6.07, 6.45) is 8.12. The maximum atomic E-state index is 5.46. The first-order valence-electron chi connectivity index (χ1n) is 6.90. The smallest absolute Gasteiger partial charge is 0.145 e. The van der Waals surface area contributed by atoms with E-state index in [0.717, 1.165) is 18.1 Å². The predicted octanol–water partition coefficient (Wildman–Crippen LogP) is 2.41. The Bertz CT molecular complexity index is 390. The molecule has 5 nitrogen and oxygen atoms in total. The molecule has 1 aliphatic carbocycles. The Morgan fingerprint density at radius 1 is 1.32 bits per heavy atom. The number of hydrogen-bond donors (Lipinski definition) is 3. The average molecular weight is 281 g/mol. The Balaban J connectivity index is 2.12. The van der Waals surface area contributed by atoms with E-state index in [2.05, 4.69) is 27.0 Å². The number of nitrogens with two attached hydrogens (primary N) is 1. The molecule has 0 bridgehead atoms. The zero-order valence-electron chi connectivity index (χ0n) is 11.6. The number of nitrogen functional groups attached to an aromatic ring is 1. The fourth-order valence-corrected chi connectivity index (χ4v) is 3.47. The van der Waals surface area contributed by atoms with Crippen molar-refractivity contribution in [3.63, 3.8) is 0 Å². The lowest BCUT2D eigenvalue weighted by Gasteiger charge is -2.31. The largest absolute Gasteiger partial charge is 0.366 e. The highest BCUT2D eigenvalue weighted by molar-refractivity contribution is 7.99. The van der Waals surface area contributed by atoms with Crippen molar-refractivity contribution in [2.24, 2.45) is 5.84 Å². The maximum absolute atomic E-state index is 5.46. The van der Waals surface area contributed by atoms with Gasteiger partial charge in [-0.2, -0.15) is 11.8 Å². The van der Waals surface area contributed by atoms with Gasteiger partial charge in [-0.15, -0.1) is 0 Å². The van der Waals surface area contributed by atoms with E-state index < -0.39 is 0 Å². The molecule has 1 fully saturated rings. The molecule has 19 heavy (non-hydrogen) atoms. The minimum absolute atomic E-state index is 0.494. The van der Waals surface area contributed by atoms with Crippen LogP contribution in [-0.4, -0.2) is 27.5 Å². The third-order valence-corrected chi connectivity index (χ3v) is 4.74. The third kappa shape index (κ3) is 3.73. The van der Waals surface area contributed by atoms with Crippen LogP contribution < -0.4 is 16.6 Å². The summed E-state index contributed by atoms with van der Waals surface area (Å²) >= 11 is 1.95.